The number of anilines is 5. The number of nitrogens with two attached hydrogens (primary N) is 1. The number of aromatic nitrogens is 2. The molecule has 2 aromatic rings. The van der Waals surface area contributed by atoms with Crippen molar-refractivity contribution in [2.45, 2.75) is 37.8 Å². The van der Waals surface area contributed by atoms with E-state index in [9.17, 15) is 14.3 Å². The van der Waals surface area contributed by atoms with Gasteiger partial charge in [-0.25, -0.2) is 14.2 Å². The number of benzene rings is 1. The van der Waals surface area contributed by atoms with Crippen molar-refractivity contribution in [1.29, 1.82) is 0 Å². The quantitative estimate of drug-likeness (QED) is 0.467. The molecule has 0 atom stereocenters. The van der Waals surface area contributed by atoms with Crippen molar-refractivity contribution in [3.05, 3.63) is 30.2 Å². The molecule has 27 heavy (non-hydrogen) atoms. The van der Waals surface area contributed by atoms with Crippen LogP contribution in [-0.2, 0) is 0 Å². The van der Waals surface area contributed by atoms with Crippen molar-refractivity contribution >= 4 is 34.9 Å². The molecule has 0 bridgehead atoms. The van der Waals surface area contributed by atoms with E-state index in [0.717, 1.165) is 25.0 Å². The number of hydrogen-bond donors (Lipinski definition) is 6. The molecule has 7 N–H and O–H groups in total. The smallest absolute Gasteiger partial charge is 0.409 e. The number of rotatable bonds is 5. The lowest BCUT2D eigenvalue weighted by molar-refractivity contribution is 0.126. The van der Waals surface area contributed by atoms with Crippen LogP contribution in [0.4, 0.5) is 38.0 Å². The van der Waals surface area contributed by atoms with Gasteiger partial charge in [-0.05, 0) is 43.9 Å². The topological polar surface area (TPSA) is 145 Å². The molecule has 10 heteroatoms. The predicted octanol–water partition coefficient (Wildman–Crippen LogP) is 2.75. The number of aliphatic hydroxyl groups is 1. The van der Waals surface area contributed by atoms with Gasteiger partial charge in [-0.15, -0.1) is 0 Å². The highest BCUT2D eigenvalue weighted by atomic mass is 19.1. The van der Waals surface area contributed by atoms with Gasteiger partial charge in [0.05, 0.1) is 29.4 Å². The number of carbonyl (C=O) groups is 1. The molecule has 1 aliphatic rings. The summed E-state index contributed by atoms with van der Waals surface area (Å²) in [6, 6.07) is 3.72. The summed E-state index contributed by atoms with van der Waals surface area (Å²) in [6.07, 6.45) is 2.89. The lowest BCUT2D eigenvalue weighted by Crippen LogP contribution is -2.29. The van der Waals surface area contributed by atoms with E-state index in [2.05, 4.69) is 25.9 Å². The molecular weight excluding hydrogens is 355 g/mol. The van der Waals surface area contributed by atoms with Crippen molar-refractivity contribution < 1.29 is 19.4 Å². The number of aliphatic hydroxyl groups excluding tert-OH is 1. The Morgan fingerprint density at radius 2 is 1.96 bits per heavy atom. The summed E-state index contributed by atoms with van der Waals surface area (Å²) in [6.45, 7) is 0. The zero-order chi connectivity index (χ0) is 19.4. The lowest BCUT2D eigenvalue weighted by atomic mass is 9.93. The first kappa shape index (κ1) is 18.6. The molecule has 0 spiro atoms. The van der Waals surface area contributed by atoms with Crippen molar-refractivity contribution in [3.8, 4) is 0 Å². The van der Waals surface area contributed by atoms with Crippen LogP contribution in [0.5, 0.6) is 0 Å². The third-order valence-electron chi connectivity index (χ3n) is 4.32. The van der Waals surface area contributed by atoms with Gasteiger partial charge < -0.3 is 26.6 Å². The van der Waals surface area contributed by atoms with E-state index in [4.69, 9.17) is 10.8 Å². The zero-order valence-corrected chi connectivity index (χ0v) is 14.4. The van der Waals surface area contributed by atoms with Crippen LogP contribution in [0.1, 0.15) is 25.7 Å². The number of nitrogen functional groups attached to an aromatic ring is 1. The summed E-state index contributed by atoms with van der Waals surface area (Å²) in [4.78, 5) is 19.3. The first-order valence-corrected chi connectivity index (χ1v) is 8.54. The molecule has 1 saturated carbocycles. The third kappa shape index (κ3) is 4.94. The van der Waals surface area contributed by atoms with E-state index in [1.54, 1.807) is 0 Å². The molecule has 1 fully saturated rings. The van der Waals surface area contributed by atoms with Crippen LogP contribution < -0.4 is 21.7 Å². The molecule has 0 aliphatic heterocycles. The maximum Gasteiger partial charge on any atom is 0.409 e. The average molecular weight is 376 g/mol. The van der Waals surface area contributed by atoms with Crippen LogP contribution in [0, 0.1) is 5.82 Å². The fourth-order valence-corrected chi connectivity index (χ4v) is 2.95. The standard InChI is InChI=1S/C17H21FN6O3/c18-9-1-6-13(23-17(26)27)14(7-9)22-16-20-8-12(19)15(24-16)21-10-2-4-11(25)5-3-10/h1,6-8,10-11,23,25H,2-5,19H2,(H,26,27)(H2,20,21,22,24)/t10-,11-. The maximum atomic E-state index is 13.6. The first-order chi connectivity index (χ1) is 12.9. The van der Waals surface area contributed by atoms with Crippen LogP contribution in [0.25, 0.3) is 0 Å². The second-order valence-corrected chi connectivity index (χ2v) is 6.39. The van der Waals surface area contributed by atoms with E-state index in [1.807, 2.05) is 0 Å². The van der Waals surface area contributed by atoms with E-state index in [0.29, 0.717) is 24.3 Å². The van der Waals surface area contributed by atoms with E-state index >= 15 is 0 Å². The summed E-state index contributed by atoms with van der Waals surface area (Å²) >= 11 is 0. The zero-order valence-electron chi connectivity index (χ0n) is 14.4. The van der Waals surface area contributed by atoms with Crippen molar-refractivity contribution in [3.63, 3.8) is 0 Å². The maximum absolute atomic E-state index is 13.6. The molecule has 1 aromatic heterocycles. The highest BCUT2D eigenvalue weighted by molar-refractivity contribution is 5.89. The SMILES string of the molecule is Nc1cnc(Nc2cc(F)ccc2NC(=O)O)nc1N[C@H]1CC[C@H](O)CC1. The number of nitrogens with zero attached hydrogens (tertiary/aromatic N) is 2. The van der Waals surface area contributed by atoms with Gasteiger partial charge >= 0.3 is 6.09 Å². The molecule has 144 valence electrons. The largest absolute Gasteiger partial charge is 0.465 e. The van der Waals surface area contributed by atoms with Gasteiger partial charge in [-0.1, -0.05) is 0 Å². The summed E-state index contributed by atoms with van der Waals surface area (Å²) in [5.74, 6) is 0.0302. The van der Waals surface area contributed by atoms with Gasteiger partial charge in [0.2, 0.25) is 5.95 Å². The Labute approximate surface area is 154 Å². The van der Waals surface area contributed by atoms with Crippen molar-refractivity contribution in [2.24, 2.45) is 0 Å². The molecule has 9 nitrogen and oxygen atoms in total. The molecular formula is C17H21FN6O3. The Hall–Kier alpha value is -3.14. The summed E-state index contributed by atoms with van der Waals surface area (Å²) < 4.78 is 13.6. The number of halogens is 1. The minimum absolute atomic E-state index is 0.136. The normalized spacial score (nSPS) is 19.3. The average Bonchev–Trinajstić information content (AvgIpc) is 2.62. The Bertz CT molecular complexity index is 826. The Balaban J connectivity index is 1.78. The van der Waals surface area contributed by atoms with Gasteiger partial charge in [0.1, 0.15) is 5.82 Å². The molecule has 1 amide bonds. The van der Waals surface area contributed by atoms with Crippen molar-refractivity contribution in [1.82, 2.24) is 9.97 Å². The van der Waals surface area contributed by atoms with Gasteiger partial charge in [0.25, 0.3) is 0 Å². The second kappa shape index (κ2) is 8.04. The van der Waals surface area contributed by atoms with E-state index < -0.39 is 11.9 Å². The van der Waals surface area contributed by atoms with Crippen LogP contribution in [-0.4, -0.2) is 38.4 Å². The Kier molecular flexibility index (Phi) is 5.55. The Morgan fingerprint density at radius 1 is 1.22 bits per heavy atom. The fourth-order valence-electron chi connectivity index (χ4n) is 2.95. The van der Waals surface area contributed by atoms with E-state index in [1.165, 1.54) is 12.3 Å². The number of nitrogens with one attached hydrogen (secondary N) is 3. The molecule has 0 saturated heterocycles. The number of carboxylic acid groups (broad SMARTS) is 1. The summed E-state index contributed by atoms with van der Waals surface area (Å²) in [5, 5.41) is 26.7. The first-order valence-electron chi connectivity index (χ1n) is 8.54. The minimum Gasteiger partial charge on any atom is -0.465 e. The van der Waals surface area contributed by atoms with Gasteiger partial charge in [-0.3, -0.25) is 5.32 Å². The van der Waals surface area contributed by atoms with Gasteiger partial charge in [0, 0.05) is 6.04 Å². The molecule has 1 heterocycles. The van der Waals surface area contributed by atoms with Gasteiger partial charge in [-0.2, -0.15) is 4.98 Å². The molecule has 0 radical (unpaired) electrons. The molecule has 1 aromatic carbocycles. The lowest BCUT2D eigenvalue weighted by Gasteiger charge is -2.27. The summed E-state index contributed by atoms with van der Waals surface area (Å²) in [7, 11) is 0. The monoisotopic (exact) mass is 376 g/mol. The highest BCUT2D eigenvalue weighted by Gasteiger charge is 2.20. The van der Waals surface area contributed by atoms with Crippen LogP contribution in [0.15, 0.2) is 24.4 Å². The molecule has 3 rings (SSSR count). The molecule has 0 unspecified atom stereocenters. The minimum atomic E-state index is -1.27. The van der Waals surface area contributed by atoms with Crippen LogP contribution >= 0.6 is 0 Å². The van der Waals surface area contributed by atoms with E-state index in [-0.39, 0.29) is 29.5 Å². The summed E-state index contributed by atoms with van der Waals surface area (Å²) in [5.41, 5.74) is 6.63. The van der Waals surface area contributed by atoms with Crippen molar-refractivity contribution in [2.75, 3.05) is 21.7 Å². The van der Waals surface area contributed by atoms with Crippen LogP contribution in [0.2, 0.25) is 0 Å². The second-order valence-electron chi connectivity index (χ2n) is 6.39. The number of hydrogen-bond acceptors (Lipinski definition) is 7. The highest BCUT2D eigenvalue weighted by Crippen LogP contribution is 2.28. The third-order valence-corrected chi connectivity index (χ3v) is 4.32. The van der Waals surface area contributed by atoms with Crippen LogP contribution in [0.3, 0.4) is 0 Å². The van der Waals surface area contributed by atoms with Gasteiger partial charge in [0.15, 0.2) is 5.82 Å². The fraction of sp³-hybridized carbons (Fsp3) is 0.353. The molecule has 1 aliphatic carbocycles. The predicted molar refractivity (Wildman–Crippen MR) is 99.7 cm³/mol. The number of amides is 1. The Morgan fingerprint density at radius 3 is 2.67 bits per heavy atom.